The summed E-state index contributed by atoms with van der Waals surface area (Å²) in [5.41, 5.74) is 0. The standard InChI is InChI=1S/C16H19FN4O3S2/c17-13-2-4-14(5-3-13)26(23,24)21-8-1-7-20(9-10-21)12-15(22)19-16-18-6-11-25-16/h2-6,11H,1,7-10,12H2,(H,18,19,22). The third-order valence-electron chi connectivity index (χ3n) is 4.04. The molecule has 0 radical (unpaired) electrons. The molecule has 1 N–H and O–H groups in total. The minimum absolute atomic E-state index is 0.0777. The first kappa shape index (κ1) is 18.9. The average Bonchev–Trinajstić information content (AvgIpc) is 2.99. The summed E-state index contributed by atoms with van der Waals surface area (Å²) in [6.07, 6.45) is 2.23. The fourth-order valence-corrected chi connectivity index (χ4v) is 4.76. The molecule has 1 saturated heterocycles. The second-order valence-electron chi connectivity index (χ2n) is 5.87. The van der Waals surface area contributed by atoms with Crippen LogP contribution in [0.15, 0.2) is 40.7 Å². The normalized spacial score (nSPS) is 17.0. The molecule has 3 rings (SSSR count). The van der Waals surface area contributed by atoms with E-state index in [0.717, 1.165) is 12.1 Å². The van der Waals surface area contributed by atoms with Crippen molar-refractivity contribution in [1.29, 1.82) is 0 Å². The van der Waals surface area contributed by atoms with Crippen molar-refractivity contribution >= 4 is 32.4 Å². The number of halogens is 1. The number of rotatable bonds is 5. The molecule has 1 fully saturated rings. The number of carbonyl (C=O) groups excluding carboxylic acids is 1. The first-order valence-electron chi connectivity index (χ1n) is 8.12. The van der Waals surface area contributed by atoms with E-state index in [1.54, 1.807) is 11.6 Å². The van der Waals surface area contributed by atoms with Crippen LogP contribution >= 0.6 is 11.3 Å². The maximum absolute atomic E-state index is 13.0. The summed E-state index contributed by atoms with van der Waals surface area (Å²) in [4.78, 5) is 18.1. The van der Waals surface area contributed by atoms with E-state index in [4.69, 9.17) is 0 Å². The third kappa shape index (κ3) is 4.64. The van der Waals surface area contributed by atoms with Crippen molar-refractivity contribution in [2.24, 2.45) is 0 Å². The Bertz CT molecular complexity index is 841. The van der Waals surface area contributed by atoms with Gasteiger partial charge in [-0.05, 0) is 37.2 Å². The Labute approximate surface area is 155 Å². The summed E-state index contributed by atoms with van der Waals surface area (Å²) in [5.74, 6) is -0.646. The lowest BCUT2D eigenvalue weighted by Gasteiger charge is -2.21. The Morgan fingerprint density at radius 2 is 1.96 bits per heavy atom. The van der Waals surface area contributed by atoms with Crippen LogP contribution in [0, 0.1) is 5.82 Å². The van der Waals surface area contributed by atoms with E-state index in [9.17, 15) is 17.6 Å². The lowest BCUT2D eigenvalue weighted by atomic mass is 10.4. The minimum atomic E-state index is -3.66. The predicted octanol–water partition coefficient (Wildman–Crippen LogP) is 1.62. The molecule has 1 aromatic heterocycles. The zero-order valence-corrected chi connectivity index (χ0v) is 15.6. The van der Waals surface area contributed by atoms with Crippen LogP contribution in [0.25, 0.3) is 0 Å². The number of sulfonamides is 1. The molecule has 7 nitrogen and oxygen atoms in total. The molecule has 1 aliphatic heterocycles. The van der Waals surface area contributed by atoms with Gasteiger partial charge < -0.3 is 5.32 Å². The van der Waals surface area contributed by atoms with E-state index in [0.29, 0.717) is 31.2 Å². The number of hydrogen-bond acceptors (Lipinski definition) is 6. The van der Waals surface area contributed by atoms with E-state index < -0.39 is 15.8 Å². The Kier molecular flexibility index (Phi) is 5.97. The molecule has 0 bridgehead atoms. The van der Waals surface area contributed by atoms with E-state index in [2.05, 4.69) is 10.3 Å². The summed E-state index contributed by atoms with van der Waals surface area (Å²) in [5, 5.41) is 5.05. The van der Waals surface area contributed by atoms with Crippen molar-refractivity contribution in [3.63, 3.8) is 0 Å². The molecule has 140 valence electrons. The van der Waals surface area contributed by atoms with Crippen LogP contribution in [0.1, 0.15) is 6.42 Å². The van der Waals surface area contributed by atoms with E-state index >= 15 is 0 Å². The first-order chi connectivity index (χ1) is 12.4. The lowest BCUT2D eigenvalue weighted by molar-refractivity contribution is -0.117. The average molecular weight is 398 g/mol. The topological polar surface area (TPSA) is 82.6 Å². The van der Waals surface area contributed by atoms with Crippen LogP contribution in [0.3, 0.4) is 0 Å². The molecule has 2 aromatic rings. The molecule has 1 aromatic carbocycles. The number of anilines is 1. The van der Waals surface area contributed by atoms with Crippen molar-refractivity contribution in [2.75, 3.05) is 38.0 Å². The monoisotopic (exact) mass is 398 g/mol. The smallest absolute Gasteiger partial charge is 0.243 e. The highest BCUT2D eigenvalue weighted by Crippen LogP contribution is 2.18. The zero-order chi connectivity index (χ0) is 18.6. The number of carbonyl (C=O) groups is 1. The van der Waals surface area contributed by atoms with Gasteiger partial charge in [-0.2, -0.15) is 4.31 Å². The van der Waals surface area contributed by atoms with E-state index in [1.807, 2.05) is 4.90 Å². The van der Waals surface area contributed by atoms with Crippen molar-refractivity contribution in [3.8, 4) is 0 Å². The van der Waals surface area contributed by atoms with Gasteiger partial charge >= 0.3 is 0 Å². The molecule has 1 aliphatic rings. The molecule has 0 unspecified atom stereocenters. The highest BCUT2D eigenvalue weighted by molar-refractivity contribution is 7.89. The molecule has 0 atom stereocenters. The molecule has 2 heterocycles. The molecule has 1 amide bonds. The number of thiazole rings is 1. The molecular weight excluding hydrogens is 379 g/mol. The second-order valence-corrected chi connectivity index (χ2v) is 8.71. The first-order valence-corrected chi connectivity index (χ1v) is 10.4. The van der Waals surface area contributed by atoms with E-state index in [-0.39, 0.29) is 23.9 Å². The van der Waals surface area contributed by atoms with Crippen molar-refractivity contribution < 1.29 is 17.6 Å². The molecule has 0 saturated carbocycles. The van der Waals surface area contributed by atoms with Crippen LogP contribution in [0.5, 0.6) is 0 Å². The Hall–Kier alpha value is -1.88. The highest BCUT2D eigenvalue weighted by Gasteiger charge is 2.27. The molecular formula is C16H19FN4O3S2. The van der Waals surface area contributed by atoms with Gasteiger partial charge in [0.1, 0.15) is 5.82 Å². The number of hydrogen-bond donors (Lipinski definition) is 1. The Morgan fingerprint density at radius 3 is 2.65 bits per heavy atom. The molecule has 26 heavy (non-hydrogen) atoms. The second kappa shape index (κ2) is 8.21. The summed E-state index contributed by atoms with van der Waals surface area (Å²) >= 11 is 1.34. The summed E-state index contributed by atoms with van der Waals surface area (Å²) in [6, 6.07) is 4.82. The largest absolute Gasteiger partial charge is 0.301 e. The van der Waals surface area contributed by atoms with Gasteiger partial charge in [-0.25, -0.2) is 17.8 Å². The van der Waals surface area contributed by atoms with E-state index in [1.165, 1.54) is 27.8 Å². The molecule has 10 heteroatoms. The zero-order valence-electron chi connectivity index (χ0n) is 14.0. The molecule has 0 spiro atoms. The summed E-state index contributed by atoms with van der Waals surface area (Å²) in [7, 11) is -3.66. The van der Waals surface area contributed by atoms with Crippen LogP contribution in [-0.2, 0) is 14.8 Å². The fourth-order valence-electron chi connectivity index (χ4n) is 2.75. The number of nitrogens with one attached hydrogen (secondary N) is 1. The van der Waals surface area contributed by atoms with Crippen molar-refractivity contribution in [1.82, 2.24) is 14.2 Å². The van der Waals surface area contributed by atoms with Gasteiger partial charge in [-0.15, -0.1) is 11.3 Å². The minimum Gasteiger partial charge on any atom is -0.301 e. The van der Waals surface area contributed by atoms with Crippen LogP contribution in [-0.4, -0.2) is 61.2 Å². The summed E-state index contributed by atoms with van der Waals surface area (Å²) in [6.45, 7) is 1.91. The summed E-state index contributed by atoms with van der Waals surface area (Å²) < 4.78 is 39.8. The number of amides is 1. The van der Waals surface area contributed by atoms with Gasteiger partial charge in [0.15, 0.2) is 5.13 Å². The highest BCUT2D eigenvalue weighted by atomic mass is 32.2. The third-order valence-corrected chi connectivity index (χ3v) is 6.65. The fraction of sp³-hybridized carbons (Fsp3) is 0.375. The lowest BCUT2D eigenvalue weighted by Crippen LogP contribution is -2.38. The van der Waals surface area contributed by atoms with Crippen molar-refractivity contribution in [3.05, 3.63) is 41.7 Å². The Morgan fingerprint density at radius 1 is 1.19 bits per heavy atom. The van der Waals surface area contributed by atoms with Gasteiger partial charge in [-0.3, -0.25) is 9.69 Å². The number of nitrogens with zero attached hydrogens (tertiary/aromatic N) is 3. The number of benzene rings is 1. The van der Waals surface area contributed by atoms with Crippen LogP contribution in [0.4, 0.5) is 9.52 Å². The van der Waals surface area contributed by atoms with Gasteiger partial charge in [0.2, 0.25) is 15.9 Å². The van der Waals surface area contributed by atoms with Gasteiger partial charge in [-0.1, -0.05) is 0 Å². The van der Waals surface area contributed by atoms with Gasteiger partial charge in [0.25, 0.3) is 0 Å². The Balaban J connectivity index is 1.59. The van der Waals surface area contributed by atoms with Crippen LogP contribution in [0.2, 0.25) is 0 Å². The van der Waals surface area contributed by atoms with Gasteiger partial charge in [0, 0.05) is 31.2 Å². The maximum atomic E-state index is 13.0. The van der Waals surface area contributed by atoms with Crippen LogP contribution < -0.4 is 5.32 Å². The SMILES string of the molecule is O=C(CN1CCCN(S(=O)(=O)c2ccc(F)cc2)CC1)Nc1nccs1. The predicted molar refractivity (Wildman–Crippen MR) is 97.0 cm³/mol. The van der Waals surface area contributed by atoms with Gasteiger partial charge in [0.05, 0.1) is 11.4 Å². The quantitative estimate of drug-likeness (QED) is 0.828. The van der Waals surface area contributed by atoms with Crippen molar-refractivity contribution in [2.45, 2.75) is 11.3 Å². The number of aromatic nitrogens is 1. The molecule has 0 aliphatic carbocycles. The maximum Gasteiger partial charge on any atom is 0.243 e.